The molecule has 97 heavy (non-hydrogen) atoms. The number of rotatable bonds is 67. The van der Waals surface area contributed by atoms with E-state index in [1.165, 1.54) is 0 Å². The first-order chi connectivity index (χ1) is 47.2. The maximum absolute atomic E-state index is 12.9. The molecule has 0 fully saturated rings. The minimum atomic E-state index is -4.94. The fourth-order valence-corrected chi connectivity index (χ4v) is 10.6. The number of phosphoric acid groups is 2. The largest absolute Gasteiger partial charge is 0.472 e. The molecule has 0 aliphatic carbocycles. The standard InChI is InChI=1S/C79H128O16P2/c1-4-7-10-13-16-19-22-25-28-30-32-34-36-38-40-42-45-47-50-53-56-59-62-65-77(82)89-68-74(80)69-91-96(85,86)92-70-75(81)71-93-97(87,88)94-73-76(95-79(84)67-64-61-58-55-52-49-44-27-24-21-18-15-12-9-6-3)72-90-78(83)66-63-60-57-54-51-48-46-43-41-39-37-35-33-31-29-26-23-20-17-14-11-8-5-2/h7-12,16-21,25-29,32-35,38-41,44-45,47,74-76,80-81H,4-6,13-15,22-24,30-31,36-37,42-43,46,48-73H2,1-3H3,(H,85,86)(H,87,88)/b10-7-,11-8-,12-9-,19-16-,20-17-,21-18-,28-25-,29-26-,34-32-,35-33-,40-38-,41-39-,44-27-,47-45-. The molecule has 0 radical (unpaired) electrons. The smallest absolute Gasteiger partial charge is 0.463 e. The highest BCUT2D eigenvalue weighted by Gasteiger charge is 2.29. The third-order valence-electron chi connectivity index (χ3n) is 14.4. The molecule has 5 atom stereocenters. The summed E-state index contributed by atoms with van der Waals surface area (Å²) in [5.41, 5.74) is 0. The van der Waals surface area contributed by atoms with Gasteiger partial charge in [-0.15, -0.1) is 0 Å². The van der Waals surface area contributed by atoms with E-state index in [0.29, 0.717) is 19.3 Å². The number of aliphatic hydroxyl groups is 2. The first-order valence-corrected chi connectivity index (χ1v) is 39.4. The third kappa shape index (κ3) is 72.0. The Bertz CT molecular complexity index is 2440. The number of hydrogen-bond donors (Lipinski definition) is 4. The van der Waals surface area contributed by atoms with E-state index in [0.717, 1.165) is 193 Å². The minimum absolute atomic E-state index is 0.0753. The highest BCUT2D eigenvalue weighted by atomic mass is 31.2. The van der Waals surface area contributed by atoms with Crippen molar-refractivity contribution in [2.45, 2.75) is 270 Å². The average molecular weight is 1400 g/mol. The van der Waals surface area contributed by atoms with Crippen LogP contribution in [0.25, 0.3) is 0 Å². The molecule has 4 N–H and O–H groups in total. The molecular formula is C79H128O16P2. The second kappa shape index (κ2) is 70.8. The van der Waals surface area contributed by atoms with E-state index < -0.39 is 91.5 Å². The van der Waals surface area contributed by atoms with Gasteiger partial charge in [0.25, 0.3) is 0 Å². The van der Waals surface area contributed by atoms with Crippen molar-refractivity contribution in [3.05, 3.63) is 170 Å². The molecule has 0 rings (SSSR count). The zero-order valence-corrected chi connectivity index (χ0v) is 61.5. The van der Waals surface area contributed by atoms with Crippen molar-refractivity contribution >= 4 is 33.6 Å². The molecule has 0 aromatic carbocycles. The van der Waals surface area contributed by atoms with E-state index in [-0.39, 0.29) is 19.3 Å². The second-order valence-corrected chi connectivity index (χ2v) is 26.5. The number of allylic oxidation sites excluding steroid dienone is 28. The highest BCUT2D eigenvalue weighted by molar-refractivity contribution is 7.47. The molecule has 0 aromatic heterocycles. The summed E-state index contributed by atoms with van der Waals surface area (Å²) in [7, 11) is -9.81. The van der Waals surface area contributed by atoms with Gasteiger partial charge < -0.3 is 34.2 Å². The zero-order chi connectivity index (χ0) is 70.9. The Labute approximate surface area is 586 Å². The molecule has 550 valence electrons. The van der Waals surface area contributed by atoms with Crippen LogP contribution in [0.1, 0.15) is 252 Å². The van der Waals surface area contributed by atoms with Gasteiger partial charge in [-0.3, -0.25) is 32.5 Å². The van der Waals surface area contributed by atoms with Gasteiger partial charge in [-0.2, -0.15) is 0 Å². The molecule has 0 bridgehead atoms. The van der Waals surface area contributed by atoms with Gasteiger partial charge in [0.2, 0.25) is 0 Å². The van der Waals surface area contributed by atoms with Crippen LogP contribution in [0.15, 0.2) is 170 Å². The number of esters is 3. The Morgan fingerprint density at radius 3 is 0.814 bits per heavy atom. The topological polar surface area (TPSA) is 231 Å². The third-order valence-corrected chi connectivity index (χ3v) is 16.3. The molecule has 0 aliphatic rings. The van der Waals surface area contributed by atoms with Crippen LogP contribution >= 0.6 is 15.6 Å². The van der Waals surface area contributed by atoms with Gasteiger partial charge in [-0.25, -0.2) is 9.13 Å². The number of phosphoric ester groups is 2. The average Bonchev–Trinajstić information content (AvgIpc) is 1.77. The maximum Gasteiger partial charge on any atom is 0.472 e. The summed E-state index contributed by atoms with van der Waals surface area (Å²) < 4.78 is 61.0. The van der Waals surface area contributed by atoms with Crippen molar-refractivity contribution in [2.24, 2.45) is 0 Å². The van der Waals surface area contributed by atoms with Gasteiger partial charge in [0.05, 0.1) is 26.4 Å². The van der Waals surface area contributed by atoms with Gasteiger partial charge in [0.1, 0.15) is 25.4 Å². The SMILES string of the molecule is CC/C=C\C/C=C\C/C=C\C/C=C\C/C=C\C/C=C\CCCCCCC(=O)OCC(O)COP(=O)(O)OCC(O)COP(=O)(O)OCC(COC(=O)CCCCCCCCC/C=C\C/C=C\C/C=C\C/C=C\C/C=C\CC)OC(=O)CCCCCCC/C=C\C/C=C\C/C=C\CC. The summed E-state index contributed by atoms with van der Waals surface area (Å²) in [5.74, 6) is -1.64. The normalized spacial score (nSPS) is 15.1. The quantitative estimate of drug-likeness (QED) is 0.0146. The van der Waals surface area contributed by atoms with Crippen LogP contribution in [0.2, 0.25) is 0 Å². The van der Waals surface area contributed by atoms with Crippen LogP contribution in [0.3, 0.4) is 0 Å². The Morgan fingerprint density at radius 2 is 0.515 bits per heavy atom. The van der Waals surface area contributed by atoms with Crippen LogP contribution in [-0.4, -0.2) is 95.9 Å². The van der Waals surface area contributed by atoms with E-state index in [9.17, 15) is 43.5 Å². The first kappa shape index (κ1) is 91.9. The molecule has 5 unspecified atom stereocenters. The Balaban J connectivity index is 4.71. The van der Waals surface area contributed by atoms with Crippen LogP contribution in [0.4, 0.5) is 0 Å². The lowest BCUT2D eigenvalue weighted by atomic mass is 10.1. The molecule has 0 spiro atoms. The molecule has 0 amide bonds. The Morgan fingerprint density at radius 1 is 0.289 bits per heavy atom. The van der Waals surface area contributed by atoms with Gasteiger partial charge in [0.15, 0.2) is 6.10 Å². The lowest BCUT2D eigenvalue weighted by Crippen LogP contribution is -2.30. The van der Waals surface area contributed by atoms with Crippen molar-refractivity contribution in [2.75, 3.05) is 39.6 Å². The molecule has 18 heteroatoms. The van der Waals surface area contributed by atoms with Crippen molar-refractivity contribution < 1.29 is 75.8 Å². The summed E-state index contributed by atoms with van der Waals surface area (Å²) >= 11 is 0. The lowest BCUT2D eigenvalue weighted by Gasteiger charge is -2.21. The molecule has 16 nitrogen and oxygen atoms in total. The molecule has 0 aromatic rings. The van der Waals surface area contributed by atoms with E-state index >= 15 is 0 Å². The van der Waals surface area contributed by atoms with Crippen molar-refractivity contribution in [3.63, 3.8) is 0 Å². The second-order valence-electron chi connectivity index (χ2n) is 23.6. The fourth-order valence-electron chi connectivity index (χ4n) is 8.97. The van der Waals surface area contributed by atoms with E-state index in [4.69, 9.17) is 32.3 Å². The highest BCUT2D eigenvalue weighted by Crippen LogP contribution is 2.45. The van der Waals surface area contributed by atoms with Crippen LogP contribution in [0.5, 0.6) is 0 Å². The van der Waals surface area contributed by atoms with Gasteiger partial charge >= 0.3 is 33.6 Å². The molecule has 0 saturated heterocycles. The number of ether oxygens (including phenoxy) is 3. The maximum atomic E-state index is 12.9. The molecule has 0 saturated carbocycles. The van der Waals surface area contributed by atoms with Crippen LogP contribution in [0, 0.1) is 0 Å². The molecule has 0 aliphatic heterocycles. The van der Waals surface area contributed by atoms with Gasteiger partial charge in [0, 0.05) is 19.3 Å². The monoisotopic (exact) mass is 1390 g/mol. The van der Waals surface area contributed by atoms with Crippen LogP contribution < -0.4 is 0 Å². The number of aliphatic hydroxyl groups excluding tert-OH is 2. The summed E-state index contributed by atoms with van der Waals surface area (Å²) in [5, 5.41) is 20.6. The Hall–Kier alpha value is -5.09. The van der Waals surface area contributed by atoms with Gasteiger partial charge in [-0.05, 0) is 148 Å². The van der Waals surface area contributed by atoms with E-state index in [2.05, 4.69) is 191 Å². The molecular weight excluding hydrogens is 1270 g/mol. The van der Waals surface area contributed by atoms with Crippen molar-refractivity contribution in [3.8, 4) is 0 Å². The number of unbranched alkanes of at least 4 members (excludes halogenated alkanes) is 16. The number of hydrogen-bond acceptors (Lipinski definition) is 14. The van der Waals surface area contributed by atoms with Crippen molar-refractivity contribution in [1.82, 2.24) is 0 Å². The minimum Gasteiger partial charge on any atom is -0.463 e. The summed E-state index contributed by atoms with van der Waals surface area (Å²) in [6.07, 6.45) is 88.2. The van der Waals surface area contributed by atoms with Crippen LogP contribution in [-0.2, 0) is 55.8 Å². The van der Waals surface area contributed by atoms with Gasteiger partial charge in [-0.1, -0.05) is 255 Å². The first-order valence-electron chi connectivity index (χ1n) is 36.4. The van der Waals surface area contributed by atoms with E-state index in [1.54, 1.807) is 0 Å². The Kier molecular flexibility index (Phi) is 67.0. The van der Waals surface area contributed by atoms with E-state index in [1.807, 2.05) is 0 Å². The predicted molar refractivity (Wildman–Crippen MR) is 398 cm³/mol. The molecule has 0 heterocycles. The fraction of sp³-hybridized carbons (Fsp3) is 0.608. The zero-order valence-electron chi connectivity index (χ0n) is 59.7. The lowest BCUT2D eigenvalue weighted by molar-refractivity contribution is -0.161. The predicted octanol–water partition coefficient (Wildman–Crippen LogP) is 20.9. The number of carbonyl (C=O) groups is 3. The summed E-state index contributed by atoms with van der Waals surface area (Å²) in [4.78, 5) is 58.5. The van der Waals surface area contributed by atoms with Crippen molar-refractivity contribution in [1.29, 1.82) is 0 Å². The summed E-state index contributed by atoms with van der Waals surface area (Å²) in [6, 6.07) is 0. The number of carbonyl (C=O) groups excluding carboxylic acids is 3. The summed E-state index contributed by atoms with van der Waals surface area (Å²) in [6.45, 7) is 2.24.